The van der Waals surface area contributed by atoms with E-state index in [-0.39, 0.29) is 0 Å². The van der Waals surface area contributed by atoms with Crippen LogP contribution in [0.1, 0.15) is 50.3 Å². The van der Waals surface area contributed by atoms with E-state index in [0.717, 1.165) is 17.9 Å². The van der Waals surface area contributed by atoms with Crippen molar-refractivity contribution in [2.24, 2.45) is 11.8 Å². The Labute approximate surface area is 115 Å². The third-order valence-electron chi connectivity index (χ3n) is 4.61. The molecule has 100 valence electrons. The van der Waals surface area contributed by atoms with Crippen LogP contribution >= 0.6 is 11.3 Å². The van der Waals surface area contributed by atoms with Crippen LogP contribution in [0.25, 0.3) is 0 Å². The molecule has 3 atom stereocenters. The Bertz CT molecular complexity index is 355. The van der Waals surface area contributed by atoms with Crippen molar-refractivity contribution < 1.29 is 0 Å². The molecule has 1 heterocycles. The van der Waals surface area contributed by atoms with Crippen LogP contribution in [0.2, 0.25) is 0 Å². The van der Waals surface area contributed by atoms with Crippen LogP contribution in [0.5, 0.6) is 0 Å². The average molecular weight is 263 g/mol. The van der Waals surface area contributed by atoms with Crippen LogP contribution in [0, 0.1) is 11.8 Å². The van der Waals surface area contributed by atoms with Crippen LogP contribution in [-0.4, -0.2) is 12.1 Å². The molecule has 0 radical (unpaired) electrons. The van der Waals surface area contributed by atoms with Gasteiger partial charge in [0.05, 0.1) is 0 Å². The van der Waals surface area contributed by atoms with E-state index in [1.165, 1.54) is 49.8 Å². The van der Waals surface area contributed by atoms with Gasteiger partial charge in [0.2, 0.25) is 0 Å². The molecule has 1 aromatic heterocycles. The summed E-state index contributed by atoms with van der Waals surface area (Å²) in [4.78, 5) is 1.52. The standard InChI is InChI=1S/C16H25NS/c1-12(10-16-6-3-9-18-16)17-15-5-2-4-14(11-15)13-7-8-13/h3,6,9,12-15,17H,2,4-5,7-8,10-11H2,1H3. The van der Waals surface area contributed by atoms with E-state index < -0.39 is 0 Å². The van der Waals surface area contributed by atoms with Gasteiger partial charge in [-0.1, -0.05) is 18.9 Å². The van der Waals surface area contributed by atoms with Gasteiger partial charge in [-0.2, -0.15) is 0 Å². The van der Waals surface area contributed by atoms with Gasteiger partial charge in [-0.3, -0.25) is 0 Å². The zero-order valence-electron chi connectivity index (χ0n) is 11.4. The zero-order valence-corrected chi connectivity index (χ0v) is 12.2. The van der Waals surface area contributed by atoms with Crippen LogP contribution < -0.4 is 5.32 Å². The van der Waals surface area contributed by atoms with Gasteiger partial charge in [0.25, 0.3) is 0 Å². The van der Waals surface area contributed by atoms with Gasteiger partial charge >= 0.3 is 0 Å². The molecule has 1 N–H and O–H groups in total. The first-order valence-electron chi connectivity index (χ1n) is 7.59. The second-order valence-electron chi connectivity index (χ2n) is 6.31. The van der Waals surface area contributed by atoms with Crippen molar-refractivity contribution in [2.45, 2.75) is 64.0 Å². The van der Waals surface area contributed by atoms with Crippen LogP contribution in [0.15, 0.2) is 17.5 Å². The largest absolute Gasteiger partial charge is 0.311 e. The van der Waals surface area contributed by atoms with Crippen molar-refractivity contribution in [1.82, 2.24) is 5.32 Å². The van der Waals surface area contributed by atoms with Crippen molar-refractivity contribution in [3.8, 4) is 0 Å². The third-order valence-corrected chi connectivity index (χ3v) is 5.51. The van der Waals surface area contributed by atoms with E-state index in [4.69, 9.17) is 0 Å². The summed E-state index contributed by atoms with van der Waals surface area (Å²) in [6.45, 7) is 2.35. The van der Waals surface area contributed by atoms with Crippen molar-refractivity contribution in [1.29, 1.82) is 0 Å². The summed E-state index contributed by atoms with van der Waals surface area (Å²) in [7, 11) is 0. The van der Waals surface area contributed by atoms with Crippen LogP contribution in [-0.2, 0) is 6.42 Å². The van der Waals surface area contributed by atoms with Crippen molar-refractivity contribution in [3.05, 3.63) is 22.4 Å². The molecular formula is C16H25NS. The highest BCUT2D eigenvalue weighted by molar-refractivity contribution is 7.09. The first-order chi connectivity index (χ1) is 8.81. The molecule has 0 bridgehead atoms. The summed E-state index contributed by atoms with van der Waals surface area (Å²) < 4.78 is 0. The normalized spacial score (nSPS) is 30.3. The highest BCUT2D eigenvalue weighted by atomic mass is 32.1. The minimum Gasteiger partial charge on any atom is -0.311 e. The number of nitrogens with one attached hydrogen (secondary N) is 1. The fourth-order valence-electron chi connectivity index (χ4n) is 3.57. The number of hydrogen-bond donors (Lipinski definition) is 1. The monoisotopic (exact) mass is 263 g/mol. The second-order valence-corrected chi connectivity index (χ2v) is 7.34. The minimum absolute atomic E-state index is 0.631. The quantitative estimate of drug-likeness (QED) is 0.838. The van der Waals surface area contributed by atoms with Gasteiger partial charge in [0.1, 0.15) is 0 Å². The Morgan fingerprint density at radius 1 is 1.28 bits per heavy atom. The summed E-state index contributed by atoms with van der Waals surface area (Å²) in [5.41, 5.74) is 0. The summed E-state index contributed by atoms with van der Waals surface area (Å²) >= 11 is 1.89. The van der Waals surface area contributed by atoms with Gasteiger partial charge < -0.3 is 5.32 Å². The van der Waals surface area contributed by atoms with E-state index in [1.807, 2.05) is 11.3 Å². The smallest absolute Gasteiger partial charge is 0.00896 e. The van der Waals surface area contributed by atoms with E-state index in [1.54, 1.807) is 0 Å². The third kappa shape index (κ3) is 3.36. The molecule has 2 saturated carbocycles. The maximum Gasteiger partial charge on any atom is 0.00896 e. The van der Waals surface area contributed by atoms with Gasteiger partial charge in [0.15, 0.2) is 0 Å². The fraction of sp³-hybridized carbons (Fsp3) is 0.750. The maximum atomic E-state index is 3.88. The highest BCUT2D eigenvalue weighted by Gasteiger charge is 2.34. The summed E-state index contributed by atoms with van der Waals surface area (Å²) in [6.07, 6.45) is 10.0. The van der Waals surface area contributed by atoms with Crippen molar-refractivity contribution in [3.63, 3.8) is 0 Å². The highest BCUT2D eigenvalue weighted by Crippen LogP contribution is 2.43. The van der Waals surface area contributed by atoms with E-state index in [2.05, 4.69) is 29.8 Å². The SMILES string of the molecule is CC(Cc1cccs1)NC1CCCC(C2CC2)C1. The molecule has 1 nitrogen and oxygen atoms in total. The van der Waals surface area contributed by atoms with Gasteiger partial charge in [-0.05, 0) is 62.3 Å². The Hall–Kier alpha value is -0.340. The molecule has 0 amide bonds. The molecule has 0 spiro atoms. The van der Waals surface area contributed by atoms with Gasteiger partial charge in [-0.15, -0.1) is 11.3 Å². The van der Waals surface area contributed by atoms with E-state index >= 15 is 0 Å². The predicted octanol–water partition coefficient (Wildman–Crippen LogP) is 4.24. The van der Waals surface area contributed by atoms with Crippen molar-refractivity contribution >= 4 is 11.3 Å². The summed E-state index contributed by atoms with van der Waals surface area (Å²) in [6, 6.07) is 5.85. The lowest BCUT2D eigenvalue weighted by atomic mass is 9.82. The average Bonchev–Trinajstić information content (AvgIpc) is 3.09. The molecule has 1 aromatic rings. The molecule has 2 heteroatoms. The molecule has 2 fully saturated rings. The lowest BCUT2D eigenvalue weighted by Crippen LogP contribution is -2.40. The summed E-state index contributed by atoms with van der Waals surface area (Å²) in [5.74, 6) is 2.15. The number of rotatable bonds is 5. The molecule has 3 unspecified atom stereocenters. The van der Waals surface area contributed by atoms with E-state index in [0.29, 0.717) is 6.04 Å². The lowest BCUT2D eigenvalue weighted by Gasteiger charge is -2.32. The van der Waals surface area contributed by atoms with Crippen LogP contribution in [0.4, 0.5) is 0 Å². The molecule has 2 aliphatic carbocycles. The minimum atomic E-state index is 0.631. The molecule has 0 saturated heterocycles. The first kappa shape index (κ1) is 12.7. The molecule has 0 aliphatic heterocycles. The zero-order chi connectivity index (χ0) is 12.4. The Morgan fingerprint density at radius 3 is 2.89 bits per heavy atom. The van der Waals surface area contributed by atoms with Gasteiger partial charge in [-0.25, -0.2) is 0 Å². The fourth-order valence-corrected chi connectivity index (χ4v) is 4.40. The molecule has 0 aromatic carbocycles. The Balaban J connectivity index is 1.46. The second kappa shape index (κ2) is 5.75. The number of thiophene rings is 1. The van der Waals surface area contributed by atoms with Crippen LogP contribution in [0.3, 0.4) is 0 Å². The molecule has 3 rings (SSSR count). The molecule has 2 aliphatic rings. The topological polar surface area (TPSA) is 12.0 Å². The number of hydrogen-bond acceptors (Lipinski definition) is 2. The maximum absolute atomic E-state index is 3.88. The molecular weight excluding hydrogens is 238 g/mol. The molecule has 18 heavy (non-hydrogen) atoms. The van der Waals surface area contributed by atoms with E-state index in [9.17, 15) is 0 Å². The Kier molecular flexibility index (Phi) is 4.05. The predicted molar refractivity (Wildman–Crippen MR) is 79.1 cm³/mol. The lowest BCUT2D eigenvalue weighted by molar-refractivity contribution is 0.249. The Morgan fingerprint density at radius 2 is 2.17 bits per heavy atom. The van der Waals surface area contributed by atoms with Gasteiger partial charge in [0, 0.05) is 17.0 Å². The first-order valence-corrected chi connectivity index (χ1v) is 8.47. The van der Waals surface area contributed by atoms with Crippen molar-refractivity contribution in [2.75, 3.05) is 0 Å². The summed E-state index contributed by atoms with van der Waals surface area (Å²) in [5, 5.41) is 6.06.